The van der Waals surface area contributed by atoms with E-state index in [1.165, 1.54) is 24.3 Å². The van der Waals surface area contributed by atoms with E-state index in [9.17, 15) is 8.42 Å². The molecule has 0 bridgehead atoms. The lowest BCUT2D eigenvalue weighted by Crippen LogP contribution is -2.20. The maximum Gasteiger partial charge on any atom is 0.276 e. The molecule has 0 fully saturated rings. The SMILES string of the molecule is CC(=NNS(=O)(=O)c1ccc(N)cc1)c1ccc(C)cc1. The highest BCUT2D eigenvalue weighted by Gasteiger charge is 2.12. The number of benzene rings is 2. The predicted molar refractivity (Wildman–Crippen MR) is 84.6 cm³/mol. The summed E-state index contributed by atoms with van der Waals surface area (Å²) in [5.74, 6) is 0. The quantitative estimate of drug-likeness (QED) is 0.516. The van der Waals surface area contributed by atoms with Crippen molar-refractivity contribution in [3.8, 4) is 0 Å². The first-order chi connectivity index (χ1) is 9.88. The zero-order valence-corrected chi connectivity index (χ0v) is 12.7. The Labute approximate surface area is 124 Å². The third-order valence-electron chi connectivity index (χ3n) is 2.99. The molecule has 0 atom stereocenters. The second-order valence-corrected chi connectivity index (χ2v) is 6.39. The second kappa shape index (κ2) is 5.97. The minimum Gasteiger partial charge on any atom is -0.399 e. The second-order valence-electron chi connectivity index (χ2n) is 4.73. The van der Waals surface area contributed by atoms with Crippen LogP contribution in [-0.4, -0.2) is 14.1 Å². The fraction of sp³-hybridized carbons (Fsp3) is 0.133. The van der Waals surface area contributed by atoms with Gasteiger partial charge in [-0.2, -0.15) is 18.4 Å². The summed E-state index contributed by atoms with van der Waals surface area (Å²) >= 11 is 0. The van der Waals surface area contributed by atoms with Crippen LogP contribution in [0.5, 0.6) is 0 Å². The molecular weight excluding hydrogens is 286 g/mol. The highest BCUT2D eigenvalue weighted by Crippen LogP contribution is 2.11. The fourth-order valence-electron chi connectivity index (χ4n) is 1.69. The molecule has 0 aromatic heterocycles. The highest BCUT2D eigenvalue weighted by atomic mass is 32.2. The zero-order valence-electron chi connectivity index (χ0n) is 11.9. The van der Waals surface area contributed by atoms with Gasteiger partial charge in [0.1, 0.15) is 0 Å². The van der Waals surface area contributed by atoms with Crippen LogP contribution in [0.3, 0.4) is 0 Å². The molecule has 0 saturated heterocycles. The summed E-state index contributed by atoms with van der Waals surface area (Å²) in [6, 6.07) is 13.6. The Morgan fingerprint density at radius 3 is 2.19 bits per heavy atom. The number of anilines is 1. The first kappa shape index (κ1) is 15.1. The minimum absolute atomic E-state index is 0.122. The largest absolute Gasteiger partial charge is 0.399 e. The molecule has 3 N–H and O–H groups in total. The van der Waals surface area contributed by atoms with Crippen molar-refractivity contribution in [2.24, 2.45) is 5.10 Å². The van der Waals surface area contributed by atoms with Crippen molar-refractivity contribution >= 4 is 21.4 Å². The van der Waals surface area contributed by atoms with E-state index in [1.54, 1.807) is 6.92 Å². The monoisotopic (exact) mass is 303 g/mol. The maximum absolute atomic E-state index is 12.1. The van der Waals surface area contributed by atoms with Gasteiger partial charge >= 0.3 is 0 Å². The molecule has 0 aliphatic carbocycles. The summed E-state index contributed by atoms with van der Waals surface area (Å²) in [5, 5.41) is 3.94. The van der Waals surface area contributed by atoms with Crippen LogP contribution in [-0.2, 0) is 10.0 Å². The number of nitrogen functional groups attached to an aromatic ring is 1. The standard InChI is InChI=1S/C15H17N3O2S/c1-11-3-5-13(6-4-11)12(2)17-18-21(19,20)15-9-7-14(16)8-10-15/h3-10,18H,16H2,1-2H3. The number of sulfonamides is 1. The molecule has 0 unspecified atom stereocenters. The van der Waals surface area contributed by atoms with Crippen LogP contribution in [0.15, 0.2) is 58.5 Å². The lowest BCUT2D eigenvalue weighted by Gasteiger charge is -2.06. The normalized spacial score (nSPS) is 12.2. The van der Waals surface area contributed by atoms with Crippen LogP contribution in [0.1, 0.15) is 18.1 Å². The molecule has 0 heterocycles. The molecule has 2 aromatic rings. The maximum atomic E-state index is 12.1. The van der Waals surface area contributed by atoms with Crippen molar-refractivity contribution in [2.45, 2.75) is 18.7 Å². The number of hydrogen-bond acceptors (Lipinski definition) is 4. The van der Waals surface area contributed by atoms with Crippen LogP contribution in [0.4, 0.5) is 5.69 Å². The van der Waals surface area contributed by atoms with Gasteiger partial charge < -0.3 is 5.73 Å². The fourth-order valence-corrected chi connectivity index (χ4v) is 2.54. The van der Waals surface area contributed by atoms with Gasteiger partial charge in [-0.3, -0.25) is 0 Å². The first-order valence-electron chi connectivity index (χ1n) is 6.37. The van der Waals surface area contributed by atoms with Gasteiger partial charge in [0, 0.05) is 5.69 Å². The Balaban J connectivity index is 2.18. The van der Waals surface area contributed by atoms with E-state index >= 15 is 0 Å². The van der Waals surface area contributed by atoms with Crippen molar-refractivity contribution in [3.05, 3.63) is 59.7 Å². The number of nitrogens with zero attached hydrogens (tertiary/aromatic N) is 1. The Hall–Kier alpha value is -2.34. The Morgan fingerprint density at radius 1 is 1.05 bits per heavy atom. The predicted octanol–water partition coefficient (Wildman–Crippen LogP) is 2.28. The van der Waals surface area contributed by atoms with E-state index in [4.69, 9.17) is 5.73 Å². The summed E-state index contributed by atoms with van der Waals surface area (Å²) in [6.45, 7) is 3.73. The molecule has 2 rings (SSSR count). The molecule has 110 valence electrons. The molecule has 0 aliphatic heterocycles. The van der Waals surface area contributed by atoms with Gasteiger partial charge in [-0.05, 0) is 43.7 Å². The van der Waals surface area contributed by atoms with E-state index in [0.29, 0.717) is 11.4 Å². The van der Waals surface area contributed by atoms with Crippen LogP contribution < -0.4 is 10.6 Å². The number of nitrogens with two attached hydrogens (primary N) is 1. The average Bonchev–Trinajstić information content (AvgIpc) is 2.46. The summed E-state index contributed by atoms with van der Waals surface area (Å²) in [5.41, 5.74) is 8.63. The summed E-state index contributed by atoms with van der Waals surface area (Å²) in [6.07, 6.45) is 0. The van der Waals surface area contributed by atoms with Gasteiger partial charge in [0.15, 0.2) is 0 Å². The van der Waals surface area contributed by atoms with Gasteiger partial charge in [-0.1, -0.05) is 29.8 Å². The third-order valence-corrected chi connectivity index (χ3v) is 4.22. The van der Waals surface area contributed by atoms with E-state index in [0.717, 1.165) is 11.1 Å². The van der Waals surface area contributed by atoms with Crippen molar-refractivity contribution in [2.75, 3.05) is 5.73 Å². The number of rotatable bonds is 4. The lowest BCUT2D eigenvalue weighted by atomic mass is 10.1. The van der Waals surface area contributed by atoms with E-state index < -0.39 is 10.0 Å². The van der Waals surface area contributed by atoms with Crippen molar-refractivity contribution in [1.29, 1.82) is 0 Å². The highest BCUT2D eigenvalue weighted by molar-refractivity contribution is 7.89. The van der Waals surface area contributed by atoms with Gasteiger partial charge in [0.25, 0.3) is 10.0 Å². The zero-order chi connectivity index (χ0) is 15.5. The molecule has 0 amide bonds. The Kier molecular flexibility index (Phi) is 4.28. The molecular formula is C15H17N3O2S. The van der Waals surface area contributed by atoms with Crippen molar-refractivity contribution in [3.63, 3.8) is 0 Å². The summed E-state index contributed by atoms with van der Waals surface area (Å²) in [4.78, 5) is 2.35. The Morgan fingerprint density at radius 2 is 1.62 bits per heavy atom. The lowest BCUT2D eigenvalue weighted by molar-refractivity contribution is 0.584. The van der Waals surface area contributed by atoms with Crippen LogP contribution >= 0.6 is 0 Å². The minimum atomic E-state index is -3.68. The number of nitrogens with one attached hydrogen (secondary N) is 1. The van der Waals surface area contributed by atoms with Crippen LogP contribution in [0.25, 0.3) is 0 Å². The third kappa shape index (κ3) is 3.82. The summed E-state index contributed by atoms with van der Waals surface area (Å²) in [7, 11) is -3.68. The molecule has 0 radical (unpaired) electrons. The van der Waals surface area contributed by atoms with E-state index in [2.05, 4.69) is 9.93 Å². The van der Waals surface area contributed by atoms with Gasteiger partial charge in [-0.15, -0.1) is 0 Å². The molecule has 6 heteroatoms. The molecule has 0 spiro atoms. The van der Waals surface area contributed by atoms with Gasteiger partial charge in [0.05, 0.1) is 10.6 Å². The molecule has 0 aliphatic rings. The van der Waals surface area contributed by atoms with Crippen LogP contribution in [0, 0.1) is 6.92 Å². The number of aryl methyl sites for hydroxylation is 1. The van der Waals surface area contributed by atoms with E-state index in [-0.39, 0.29) is 4.90 Å². The average molecular weight is 303 g/mol. The molecule has 5 nitrogen and oxygen atoms in total. The van der Waals surface area contributed by atoms with Crippen LogP contribution in [0.2, 0.25) is 0 Å². The first-order valence-corrected chi connectivity index (χ1v) is 7.85. The number of hydrogen-bond donors (Lipinski definition) is 2. The topological polar surface area (TPSA) is 84.5 Å². The Bertz CT molecular complexity index is 749. The smallest absolute Gasteiger partial charge is 0.276 e. The summed E-state index contributed by atoms with van der Waals surface area (Å²) < 4.78 is 24.1. The van der Waals surface area contributed by atoms with E-state index in [1.807, 2.05) is 31.2 Å². The molecule has 0 saturated carbocycles. The van der Waals surface area contributed by atoms with Crippen molar-refractivity contribution < 1.29 is 8.42 Å². The number of hydrazone groups is 1. The molecule has 2 aromatic carbocycles. The van der Waals surface area contributed by atoms with Crippen molar-refractivity contribution in [1.82, 2.24) is 4.83 Å². The molecule has 21 heavy (non-hydrogen) atoms. The van der Waals surface area contributed by atoms with Gasteiger partial charge in [-0.25, -0.2) is 0 Å². The van der Waals surface area contributed by atoms with Gasteiger partial charge in [0.2, 0.25) is 0 Å².